The van der Waals surface area contributed by atoms with Crippen LogP contribution in [0.3, 0.4) is 0 Å². The average molecular weight is 364 g/mol. The first-order valence-electron chi connectivity index (χ1n) is 6.95. The van der Waals surface area contributed by atoms with E-state index in [-0.39, 0.29) is 38.2 Å². The monoisotopic (exact) mass is 364 g/mol. The molecule has 25 heavy (non-hydrogen) atoms. The smallest absolute Gasteiger partial charge is 0.324 e. The number of carboxylic acid groups (broad SMARTS) is 2. The number of nitrogens with zero attached hydrogens (tertiary/aromatic N) is 2. The summed E-state index contributed by atoms with van der Waals surface area (Å²) in [6.45, 7) is -0.229. The lowest BCUT2D eigenvalue weighted by molar-refractivity contribution is -0.138. The molecule has 0 aliphatic heterocycles. The van der Waals surface area contributed by atoms with Crippen molar-refractivity contribution in [2.24, 2.45) is 23.2 Å². The van der Waals surface area contributed by atoms with Crippen LogP contribution < -0.4 is 23.2 Å². The fourth-order valence-electron chi connectivity index (χ4n) is 1.34. The van der Waals surface area contributed by atoms with E-state index in [1.54, 1.807) is 0 Å². The first kappa shape index (κ1) is 22.1. The van der Waals surface area contributed by atoms with Gasteiger partial charge in [-0.1, -0.05) is 0 Å². The zero-order valence-electron chi connectivity index (χ0n) is 13.5. The van der Waals surface area contributed by atoms with Crippen molar-refractivity contribution in [2.75, 3.05) is 39.5 Å². The van der Waals surface area contributed by atoms with E-state index in [1.165, 1.54) is 0 Å². The molecule has 0 aliphatic carbocycles. The van der Waals surface area contributed by atoms with E-state index in [4.69, 9.17) is 47.6 Å². The van der Waals surface area contributed by atoms with Gasteiger partial charge in [-0.05, 0) is 0 Å². The van der Waals surface area contributed by atoms with Gasteiger partial charge in [0.2, 0.25) is 11.8 Å². The maximum atomic E-state index is 10.4. The molecular weight excluding hydrogens is 340 g/mol. The van der Waals surface area contributed by atoms with Gasteiger partial charge in [0, 0.05) is 0 Å². The van der Waals surface area contributed by atoms with Crippen molar-refractivity contribution in [3.05, 3.63) is 24.2 Å². The Kier molecular flexibility index (Phi) is 11.1. The minimum absolute atomic E-state index is 0.0581. The van der Waals surface area contributed by atoms with Crippen molar-refractivity contribution in [1.29, 1.82) is 0 Å². The lowest BCUT2D eigenvalue weighted by Crippen LogP contribution is -2.32. The van der Waals surface area contributed by atoms with Gasteiger partial charge < -0.3 is 45.9 Å². The van der Waals surface area contributed by atoms with Crippen LogP contribution in [0.25, 0.3) is 0 Å². The van der Waals surface area contributed by atoms with Crippen LogP contribution in [-0.4, -0.2) is 71.7 Å². The molecule has 0 aliphatic rings. The van der Waals surface area contributed by atoms with Gasteiger partial charge in [0.15, 0.2) is 0 Å². The third kappa shape index (κ3) is 14.4. The van der Waals surface area contributed by atoms with Gasteiger partial charge in [-0.3, -0.25) is 9.59 Å². The molecule has 0 radical (unpaired) electrons. The van der Waals surface area contributed by atoms with E-state index in [9.17, 15) is 9.59 Å². The standard InChI is InChI=1S/C12H24N6O7/c13-9(5-17(15)7-11(19)20)24-3-1-23-2-4-25-10(14)6-18(16)8-12(21)22/h5-6H,1-4,7-8,13-16H2,(H,19,20)(H,21,22)/b9-5+,10-6+. The molecule has 0 fully saturated rings. The molecule has 0 saturated heterocycles. The van der Waals surface area contributed by atoms with Crippen LogP contribution in [0, 0.1) is 0 Å². The first-order valence-corrected chi connectivity index (χ1v) is 6.95. The highest BCUT2D eigenvalue weighted by molar-refractivity contribution is 5.69. The maximum absolute atomic E-state index is 10.4. The molecule has 0 aromatic carbocycles. The van der Waals surface area contributed by atoms with Crippen LogP contribution in [0.15, 0.2) is 24.2 Å². The summed E-state index contributed by atoms with van der Waals surface area (Å²) in [5.41, 5.74) is 10.9. The highest BCUT2D eigenvalue weighted by Crippen LogP contribution is 1.93. The van der Waals surface area contributed by atoms with Crippen molar-refractivity contribution in [1.82, 2.24) is 10.0 Å². The number of nitrogens with two attached hydrogens (primary N) is 4. The van der Waals surface area contributed by atoms with Crippen LogP contribution in [0.4, 0.5) is 0 Å². The molecule has 0 heterocycles. The van der Waals surface area contributed by atoms with Crippen molar-refractivity contribution < 1.29 is 34.0 Å². The lowest BCUT2D eigenvalue weighted by atomic mass is 10.6. The molecule has 0 amide bonds. The Balaban J connectivity index is 3.76. The molecule has 0 bridgehead atoms. The van der Waals surface area contributed by atoms with Gasteiger partial charge in [-0.2, -0.15) is 0 Å². The average Bonchev–Trinajstić information content (AvgIpc) is 2.43. The lowest BCUT2D eigenvalue weighted by Gasteiger charge is -2.13. The molecule has 10 N–H and O–H groups in total. The van der Waals surface area contributed by atoms with Crippen LogP contribution in [0.1, 0.15) is 0 Å². The summed E-state index contributed by atoms with van der Waals surface area (Å²) < 4.78 is 15.3. The van der Waals surface area contributed by atoms with Crippen molar-refractivity contribution in [2.45, 2.75) is 0 Å². The highest BCUT2D eigenvalue weighted by Gasteiger charge is 2.03. The van der Waals surface area contributed by atoms with E-state index in [0.29, 0.717) is 0 Å². The fourth-order valence-corrected chi connectivity index (χ4v) is 1.34. The van der Waals surface area contributed by atoms with Gasteiger partial charge in [-0.15, -0.1) is 0 Å². The Labute approximate surface area is 143 Å². The number of rotatable bonds is 14. The minimum Gasteiger partial charge on any atom is -0.480 e. The molecule has 0 atom stereocenters. The van der Waals surface area contributed by atoms with Gasteiger partial charge >= 0.3 is 11.9 Å². The number of hydrogen-bond donors (Lipinski definition) is 6. The van der Waals surface area contributed by atoms with Crippen molar-refractivity contribution >= 4 is 11.9 Å². The Hall–Kier alpha value is -2.90. The SMILES string of the molecule is N/C(=C\N(N)CC(=O)O)OCCOCCO/C(N)=C/N(N)CC(=O)O. The van der Waals surface area contributed by atoms with Crippen LogP contribution >= 0.6 is 0 Å². The largest absolute Gasteiger partial charge is 0.480 e. The molecule has 0 rings (SSSR count). The molecule has 0 aromatic rings. The highest BCUT2D eigenvalue weighted by atomic mass is 16.5. The normalized spacial score (nSPS) is 11.8. The number of ether oxygens (including phenoxy) is 3. The molecule has 0 spiro atoms. The summed E-state index contributed by atoms with van der Waals surface area (Å²) in [7, 11) is 0. The second-order valence-electron chi connectivity index (χ2n) is 4.50. The molecule has 0 saturated carbocycles. The Morgan fingerprint density at radius 3 is 1.48 bits per heavy atom. The zero-order chi connectivity index (χ0) is 19.2. The number of hydrazine groups is 2. The number of aliphatic carboxylic acids is 2. The minimum atomic E-state index is -1.11. The predicted molar refractivity (Wildman–Crippen MR) is 84.3 cm³/mol. The Morgan fingerprint density at radius 1 is 0.800 bits per heavy atom. The molecule has 13 nitrogen and oxygen atoms in total. The fraction of sp³-hybridized carbons (Fsp3) is 0.500. The molecular formula is C12H24N6O7. The molecule has 144 valence electrons. The number of hydrogen-bond acceptors (Lipinski definition) is 11. The van der Waals surface area contributed by atoms with Gasteiger partial charge in [0.1, 0.15) is 26.3 Å². The second kappa shape index (κ2) is 12.5. The summed E-state index contributed by atoms with van der Waals surface area (Å²) in [6.07, 6.45) is 2.27. The Bertz CT molecular complexity index is 443. The van der Waals surface area contributed by atoms with E-state index in [2.05, 4.69) is 0 Å². The first-order chi connectivity index (χ1) is 11.7. The summed E-state index contributed by atoms with van der Waals surface area (Å²) in [6, 6.07) is 0. The maximum Gasteiger partial charge on any atom is 0.324 e. The Morgan fingerprint density at radius 2 is 1.16 bits per heavy atom. The van der Waals surface area contributed by atoms with Crippen molar-refractivity contribution in [3.63, 3.8) is 0 Å². The topological polar surface area (TPSA) is 213 Å². The summed E-state index contributed by atoms with van der Waals surface area (Å²) in [4.78, 5) is 20.8. The summed E-state index contributed by atoms with van der Waals surface area (Å²) in [5, 5.41) is 18.7. The van der Waals surface area contributed by atoms with E-state index in [0.717, 1.165) is 22.4 Å². The molecule has 0 unspecified atom stereocenters. The van der Waals surface area contributed by atoms with Gasteiger partial charge in [0.25, 0.3) is 0 Å². The van der Waals surface area contributed by atoms with E-state index < -0.39 is 25.0 Å². The van der Waals surface area contributed by atoms with E-state index >= 15 is 0 Å². The number of carbonyl (C=O) groups is 2. The quantitative estimate of drug-likeness (QED) is 0.0789. The summed E-state index contributed by atoms with van der Waals surface area (Å²) in [5.74, 6) is 8.35. The van der Waals surface area contributed by atoms with Gasteiger partial charge in [0.05, 0.1) is 25.6 Å². The third-order valence-corrected chi connectivity index (χ3v) is 2.21. The van der Waals surface area contributed by atoms with Crippen LogP contribution in [0.2, 0.25) is 0 Å². The van der Waals surface area contributed by atoms with Crippen LogP contribution in [0.5, 0.6) is 0 Å². The van der Waals surface area contributed by atoms with Crippen molar-refractivity contribution in [3.8, 4) is 0 Å². The predicted octanol–water partition coefficient (Wildman–Crippen LogP) is -2.93. The molecule has 0 aromatic heterocycles. The number of carboxylic acids is 2. The third-order valence-electron chi connectivity index (χ3n) is 2.21. The second-order valence-corrected chi connectivity index (χ2v) is 4.50. The zero-order valence-corrected chi connectivity index (χ0v) is 13.5. The van der Waals surface area contributed by atoms with Crippen LogP contribution in [-0.2, 0) is 23.8 Å². The van der Waals surface area contributed by atoms with E-state index in [1.807, 2.05) is 0 Å². The van der Waals surface area contributed by atoms with Gasteiger partial charge in [-0.25, -0.2) is 11.7 Å². The summed E-state index contributed by atoms with van der Waals surface area (Å²) >= 11 is 0. The molecule has 13 heteroatoms.